The Labute approximate surface area is 92.6 Å². The Hall–Kier alpha value is -0.410. The summed E-state index contributed by atoms with van der Waals surface area (Å²) in [4.78, 5) is 0. The third-order valence-electron chi connectivity index (χ3n) is 1.59. The van der Waals surface area contributed by atoms with Crippen LogP contribution in [-0.4, -0.2) is 18.1 Å². The third-order valence-corrected chi connectivity index (χ3v) is 2.76. The molecule has 0 unspecified atom stereocenters. The van der Waals surface area contributed by atoms with Gasteiger partial charge in [0.05, 0.1) is 11.6 Å². The summed E-state index contributed by atoms with van der Waals surface area (Å²) in [5.41, 5.74) is 0. The molecule has 0 saturated carbocycles. The van der Waals surface area contributed by atoms with E-state index in [1.807, 2.05) is 0 Å². The molecule has 1 aromatic rings. The molecule has 0 radical (unpaired) electrons. The fourth-order valence-corrected chi connectivity index (χ4v) is 1.54. The van der Waals surface area contributed by atoms with Crippen molar-refractivity contribution >= 4 is 23.4 Å². The molecule has 0 heterocycles. The van der Waals surface area contributed by atoms with Crippen LogP contribution in [0, 0.1) is 5.82 Å². The van der Waals surface area contributed by atoms with Gasteiger partial charge in [0.15, 0.2) is 0 Å². The zero-order valence-corrected chi connectivity index (χ0v) is 9.50. The molecule has 0 atom stereocenters. The van der Waals surface area contributed by atoms with E-state index in [1.54, 1.807) is 17.8 Å². The van der Waals surface area contributed by atoms with E-state index in [0.717, 1.165) is 11.5 Å². The van der Waals surface area contributed by atoms with E-state index in [0.29, 0.717) is 12.4 Å². The number of ether oxygens (including phenoxy) is 1. The van der Waals surface area contributed by atoms with Gasteiger partial charge >= 0.3 is 0 Å². The van der Waals surface area contributed by atoms with Crippen molar-refractivity contribution in [3.8, 4) is 5.75 Å². The van der Waals surface area contributed by atoms with Crippen LogP contribution in [0.3, 0.4) is 0 Å². The Morgan fingerprint density at radius 2 is 2.29 bits per heavy atom. The van der Waals surface area contributed by atoms with Crippen LogP contribution in [0.15, 0.2) is 18.2 Å². The van der Waals surface area contributed by atoms with Gasteiger partial charge < -0.3 is 4.74 Å². The van der Waals surface area contributed by atoms with Crippen molar-refractivity contribution < 1.29 is 9.13 Å². The molecule has 1 nitrogen and oxygen atoms in total. The van der Waals surface area contributed by atoms with Gasteiger partial charge in [0.1, 0.15) is 11.6 Å². The van der Waals surface area contributed by atoms with Gasteiger partial charge in [-0.1, -0.05) is 18.5 Å². The minimum absolute atomic E-state index is 0.125. The van der Waals surface area contributed by atoms with E-state index < -0.39 is 5.82 Å². The van der Waals surface area contributed by atoms with Gasteiger partial charge in [-0.25, -0.2) is 4.39 Å². The molecule has 78 valence electrons. The topological polar surface area (TPSA) is 9.23 Å². The molecule has 0 aliphatic carbocycles. The van der Waals surface area contributed by atoms with Crippen LogP contribution in [0.25, 0.3) is 0 Å². The van der Waals surface area contributed by atoms with Crippen molar-refractivity contribution in [1.29, 1.82) is 0 Å². The monoisotopic (exact) mass is 234 g/mol. The number of hydrogen-bond acceptors (Lipinski definition) is 2. The van der Waals surface area contributed by atoms with Gasteiger partial charge in [-0.15, -0.1) is 0 Å². The summed E-state index contributed by atoms with van der Waals surface area (Å²) < 4.78 is 18.3. The molecular weight excluding hydrogens is 223 g/mol. The first-order chi connectivity index (χ1) is 6.74. The van der Waals surface area contributed by atoms with Crippen molar-refractivity contribution in [3.05, 3.63) is 29.0 Å². The fourth-order valence-electron chi connectivity index (χ4n) is 0.929. The van der Waals surface area contributed by atoms with Crippen LogP contribution in [0.4, 0.5) is 4.39 Å². The SMILES string of the molecule is CCSCCOc1ccc(Cl)c(F)c1. The highest BCUT2D eigenvalue weighted by Crippen LogP contribution is 2.20. The van der Waals surface area contributed by atoms with E-state index in [9.17, 15) is 4.39 Å². The summed E-state index contributed by atoms with van der Waals surface area (Å²) in [6.07, 6.45) is 0. The van der Waals surface area contributed by atoms with Gasteiger partial charge in [0.2, 0.25) is 0 Å². The summed E-state index contributed by atoms with van der Waals surface area (Å²) in [6.45, 7) is 2.69. The summed E-state index contributed by atoms with van der Waals surface area (Å²) in [7, 11) is 0. The Morgan fingerprint density at radius 3 is 2.93 bits per heavy atom. The van der Waals surface area contributed by atoms with Crippen molar-refractivity contribution in [3.63, 3.8) is 0 Å². The second-order valence-corrected chi connectivity index (χ2v) is 4.42. The maximum atomic E-state index is 12.9. The highest BCUT2D eigenvalue weighted by atomic mass is 35.5. The minimum atomic E-state index is -0.438. The van der Waals surface area contributed by atoms with Crippen molar-refractivity contribution in [2.24, 2.45) is 0 Å². The molecule has 0 bridgehead atoms. The second kappa shape index (κ2) is 6.14. The first-order valence-electron chi connectivity index (χ1n) is 4.39. The highest BCUT2D eigenvalue weighted by molar-refractivity contribution is 7.99. The van der Waals surface area contributed by atoms with Crippen LogP contribution in [-0.2, 0) is 0 Å². The molecular formula is C10H12ClFOS. The number of benzene rings is 1. The molecule has 0 aliphatic heterocycles. The first kappa shape index (κ1) is 11.7. The van der Waals surface area contributed by atoms with Gasteiger partial charge in [-0.2, -0.15) is 11.8 Å². The third kappa shape index (κ3) is 3.76. The van der Waals surface area contributed by atoms with Crippen LogP contribution in [0.2, 0.25) is 5.02 Å². The predicted octanol–water partition coefficient (Wildman–Crippen LogP) is 3.61. The number of hydrogen-bond donors (Lipinski definition) is 0. The molecule has 0 fully saturated rings. The molecule has 14 heavy (non-hydrogen) atoms. The molecule has 4 heteroatoms. The molecule has 0 aromatic heterocycles. The maximum absolute atomic E-state index is 12.9. The van der Waals surface area contributed by atoms with Gasteiger partial charge in [0, 0.05) is 11.8 Å². The number of rotatable bonds is 5. The average Bonchev–Trinajstić information content (AvgIpc) is 2.18. The van der Waals surface area contributed by atoms with Crippen LogP contribution < -0.4 is 4.74 Å². The van der Waals surface area contributed by atoms with Crippen LogP contribution in [0.1, 0.15) is 6.92 Å². The zero-order valence-electron chi connectivity index (χ0n) is 7.93. The highest BCUT2D eigenvalue weighted by Gasteiger charge is 2.01. The zero-order chi connectivity index (χ0) is 10.4. The molecule has 0 saturated heterocycles. The normalized spacial score (nSPS) is 10.2. The summed E-state index contributed by atoms with van der Waals surface area (Å²) >= 11 is 7.32. The Balaban J connectivity index is 2.39. The standard InChI is InChI=1S/C10H12ClFOS/c1-2-14-6-5-13-8-3-4-9(11)10(12)7-8/h3-4,7H,2,5-6H2,1H3. The smallest absolute Gasteiger partial charge is 0.145 e. The lowest BCUT2D eigenvalue weighted by Gasteiger charge is -2.05. The molecule has 0 spiro atoms. The van der Waals surface area contributed by atoms with Crippen molar-refractivity contribution in [1.82, 2.24) is 0 Å². The lowest BCUT2D eigenvalue weighted by molar-refractivity contribution is 0.342. The number of thioether (sulfide) groups is 1. The largest absolute Gasteiger partial charge is 0.493 e. The fraction of sp³-hybridized carbons (Fsp3) is 0.400. The summed E-state index contributed by atoms with van der Waals surface area (Å²) in [6, 6.07) is 4.47. The Kier molecular flexibility index (Phi) is 5.12. The Morgan fingerprint density at radius 1 is 1.50 bits per heavy atom. The van der Waals surface area contributed by atoms with Gasteiger partial charge in [0.25, 0.3) is 0 Å². The van der Waals surface area contributed by atoms with Crippen LogP contribution >= 0.6 is 23.4 Å². The van der Waals surface area contributed by atoms with Gasteiger partial charge in [-0.05, 0) is 17.9 Å². The lowest BCUT2D eigenvalue weighted by atomic mass is 10.3. The van der Waals surface area contributed by atoms with E-state index in [-0.39, 0.29) is 5.02 Å². The summed E-state index contributed by atoms with van der Waals surface area (Å²) in [5, 5.41) is 0.125. The maximum Gasteiger partial charge on any atom is 0.145 e. The second-order valence-electron chi connectivity index (χ2n) is 2.62. The quantitative estimate of drug-likeness (QED) is 0.720. The summed E-state index contributed by atoms with van der Waals surface area (Å²) in [5.74, 6) is 2.08. The van der Waals surface area contributed by atoms with Crippen molar-refractivity contribution in [2.45, 2.75) is 6.92 Å². The molecule has 0 N–H and O–H groups in total. The molecule has 1 rings (SSSR count). The molecule has 0 aliphatic rings. The molecule has 0 amide bonds. The Bertz CT molecular complexity index is 293. The molecule has 1 aromatic carbocycles. The first-order valence-corrected chi connectivity index (χ1v) is 5.93. The van der Waals surface area contributed by atoms with E-state index in [2.05, 4.69) is 6.92 Å². The predicted molar refractivity (Wildman–Crippen MR) is 59.9 cm³/mol. The van der Waals surface area contributed by atoms with E-state index in [1.165, 1.54) is 12.1 Å². The van der Waals surface area contributed by atoms with Crippen LogP contribution in [0.5, 0.6) is 5.75 Å². The average molecular weight is 235 g/mol. The number of halogens is 2. The minimum Gasteiger partial charge on any atom is -0.493 e. The van der Waals surface area contributed by atoms with E-state index >= 15 is 0 Å². The van der Waals surface area contributed by atoms with Crippen molar-refractivity contribution in [2.75, 3.05) is 18.1 Å². The van der Waals surface area contributed by atoms with Gasteiger partial charge in [-0.3, -0.25) is 0 Å². The lowest BCUT2D eigenvalue weighted by Crippen LogP contribution is -2.00. The van der Waals surface area contributed by atoms with E-state index in [4.69, 9.17) is 16.3 Å².